The van der Waals surface area contributed by atoms with E-state index in [2.05, 4.69) is 31.6 Å². The van der Waals surface area contributed by atoms with Crippen molar-refractivity contribution >= 4 is 13.9 Å². The first-order chi connectivity index (χ1) is 5.96. The van der Waals surface area contributed by atoms with E-state index in [1.54, 1.807) is 0 Å². The molecular formula is C11H14OSi. The SMILES string of the molecule is C#CC(=O)C1=C([Si](C)(C)C)C=CC1. The van der Waals surface area contributed by atoms with Gasteiger partial charge in [0, 0.05) is 5.57 Å². The van der Waals surface area contributed by atoms with Crippen LogP contribution in [0.3, 0.4) is 0 Å². The van der Waals surface area contributed by atoms with Crippen molar-refractivity contribution in [1.29, 1.82) is 0 Å². The Hall–Kier alpha value is -1.07. The van der Waals surface area contributed by atoms with E-state index in [0.717, 1.165) is 12.0 Å². The first-order valence-corrected chi connectivity index (χ1v) is 7.88. The van der Waals surface area contributed by atoms with Crippen molar-refractivity contribution in [3.8, 4) is 12.3 Å². The molecule has 0 radical (unpaired) electrons. The predicted molar refractivity (Wildman–Crippen MR) is 58.0 cm³/mol. The lowest BCUT2D eigenvalue weighted by molar-refractivity contribution is -0.110. The van der Waals surface area contributed by atoms with Gasteiger partial charge in [-0.2, -0.15) is 0 Å². The van der Waals surface area contributed by atoms with Crippen LogP contribution in [-0.4, -0.2) is 13.9 Å². The largest absolute Gasteiger partial charge is 0.280 e. The third-order valence-electron chi connectivity index (χ3n) is 2.14. The lowest BCUT2D eigenvalue weighted by Crippen LogP contribution is -2.24. The van der Waals surface area contributed by atoms with Gasteiger partial charge in [-0.05, 0) is 12.3 Å². The van der Waals surface area contributed by atoms with E-state index in [9.17, 15) is 4.79 Å². The smallest absolute Gasteiger partial charge is 0.231 e. The summed E-state index contributed by atoms with van der Waals surface area (Å²) in [5.74, 6) is 2.06. The van der Waals surface area contributed by atoms with Gasteiger partial charge in [-0.1, -0.05) is 37.0 Å². The van der Waals surface area contributed by atoms with Crippen molar-refractivity contribution in [2.24, 2.45) is 0 Å². The van der Waals surface area contributed by atoms with E-state index < -0.39 is 8.07 Å². The second-order valence-corrected chi connectivity index (χ2v) is 9.26. The summed E-state index contributed by atoms with van der Waals surface area (Å²) in [5, 5.41) is 1.22. The molecule has 0 bridgehead atoms. The highest BCUT2D eigenvalue weighted by atomic mass is 28.3. The second kappa shape index (κ2) is 3.35. The molecule has 0 aromatic carbocycles. The van der Waals surface area contributed by atoms with Crippen molar-refractivity contribution in [2.75, 3.05) is 0 Å². The summed E-state index contributed by atoms with van der Waals surface area (Å²) in [5.41, 5.74) is 0.849. The molecule has 0 heterocycles. The lowest BCUT2D eigenvalue weighted by atomic mass is 10.1. The van der Waals surface area contributed by atoms with Crippen LogP contribution in [0.1, 0.15) is 6.42 Å². The highest BCUT2D eigenvalue weighted by Gasteiger charge is 2.25. The second-order valence-electron chi connectivity index (χ2n) is 4.22. The number of rotatable bonds is 2. The molecule has 0 unspecified atom stereocenters. The van der Waals surface area contributed by atoms with Gasteiger partial charge in [0.15, 0.2) is 0 Å². The van der Waals surface area contributed by atoms with E-state index in [4.69, 9.17) is 6.42 Å². The highest BCUT2D eigenvalue weighted by molar-refractivity contribution is 6.84. The van der Waals surface area contributed by atoms with Crippen LogP contribution in [0.4, 0.5) is 0 Å². The highest BCUT2D eigenvalue weighted by Crippen LogP contribution is 2.27. The number of allylic oxidation sites excluding steroid dienone is 4. The van der Waals surface area contributed by atoms with E-state index in [1.165, 1.54) is 5.20 Å². The molecule has 0 aliphatic heterocycles. The maximum absolute atomic E-state index is 11.4. The topological polar surface area (TPSA) is 17.1 Å². The zero-order valence-electron chi connectivity index (χ0n) is 8.35. The molecule has 0 atom stereocenters. The van der Waals surface area contributed by atoms with E-state index in [0.29, 0.717) is 0 Å². The van der Waals surface area contributed by atoms with Crippen LogP contribution in [0.2, 0.25) is 19.6 Å². The van der Waals surface area contributed by atoms with Crippen LogP contribution in [0.5, 0.6) is 0 Å². The molecule has 0 aromatic heterocycles. The van der Waals surface area contributed by atoms with Crippen LogP contribution in [0, 0.1) is 12.3 Å². The third-order valence-corrected chi connectivity index (χ3v) is 4.23. The van der Waals surface area contributed by atoms with Gasteiger partial charge in [0.05, 0.1) is 8.07 Å². The molecule has 1 aliphatic rings. The molecule has 68 valence electrons. The zero-order valence-corrected chi connectivity index (χ0v) is 9.35. The number of ketones is 1. The molecule has 1 nitrogen and oxygen atoms in total. The van der Waals surface area contributed by atoms with Gasteiger partial charge in [-0.15, -0.1) is 6.42 Å². The summed E-state index contributed by atoms with van der Waals surface area (Å²) in [6.45, 7) is 6.67. The minimum Gasteiger partial charge on any atom is -0.280 e. The number of hydrogen-bond acceptors (Lipinski definition) is 1. The number of terminal acetylenes is 1. The Morgan fingerprint density at radius 2 is 2.15 bits per heavy atom. The summed E-state index contributed by atoms with van der Waals surface area (Å²) in [6, 6.07) is 0. The molecular weight excluding hydrogens is 176 g/mol. The fourth-order valence-corrected chi connectivity index (χ4v) is 3.25. The Morgan fingerprint density at radius 1 is 1.54 bits per heavy atom. The van der Waals surface area contributed by atoms with Crippen LogP contribution in [0.25, 0.3) is 0 Å². The van der Waals surface area contributed by atoms with Crippen molar-refractivity contribution in [3.05, 3.63) is 22.9 Å². The van der Waals surface area contributed by atoms with Crippen LogP contribution in [-0.2, 0) is 4.79 Å². The molecule has 0 fully saturated rings. The van der Waals surface area contributed by atoms with Crippen LogP contribution < -0.4 is 0 Å². The Bertz CT molecular complexity index is 334. The molecule has 13 heavy (non-hydrogen) atoms. The molecule has 2 heteroatoms. The molecule has 1 rings (SSSR count). The summed E-state index contributed by atoms with van der Waals surface area (Å²) >= 11 is 0. The first kappa shape index (κ1) is 10.0. The molecule has 0 amide bonds. The standard InChI is InChI=1S/C11H14OSi/c1-5-10(12)9-7-6-8-11(9)13(2,3)4/h1,6,8H,7H2,2-4H3. The van der Waals surface area contributed by atoms with Gasteiger partial charge in [-0.3, -0.25) is 4.79 Å². The minimum atomic E-state index is -1.39. The van der Waals surface area contributed by atoms with Gasteiger partial charge < -0.3 is 0 Å². The number of hydrogen-bond donors (Lipinski definition) is 0. The molecule has 1 aliphatic carbocycles. The van der Waals surface area contributed by atoms with E-state index in [1.807, 2.05) is 6.08 Å². The Kier molecular flexibility index (Phi) is 2.58. The fraction of sp³-hybridized carbons (Fsp3) is 0.364. The average molecular weight is 190 g/mol. The lowest BCUT2D eigenvalue weighted by Gasteiger charge is -2.17. The van der Waals surface area contributed by atoms with Crippen molar-refractivity contribution < 1.29 is 4.79 Å². The minimum absolute atomic E-state index is 0.137. The quantitative estimate of drug-likeness (QED) is 0.371. The van der Waals surface area contributed by atoms with Crippen LogP contribution >= 0.6 is 0 Å². The van der Waals surface area contributed by atoms with Gasteiger partial charge in [0.2, 0.25) is 5.78 Å². The summed E-state index contributed by atoms with van der Waals surface area (Å²) in [6.07, 6.45) is 9.93. The monoisotopic (exact) mass is 190 g/mol. The summed E-state index contributed by atoms with van der Waals surface area (Å²) in [7, 11) is -1.39. The van der Waals surface area contributed by atoms with E-state index in [-0.39, 0.29) is 5.78 Å². The zero-order chi connectivity index (χ0) is 10.1. The predicted octanol–water partition coefficient (Wildman–Crippen LogP) is 2.32. The maximum atomic E-state index is 11.4. The number of carbonyl (C=O) groups is 1. The van der Waals surface area contributed by atoms with Crippen molar-refractivity contribution in [3.63, 3.8) is 0 Å². The molecule has 0 N–H and O–H groups in total. The molecule has 0 saturated heterocycles. The third kappa shape index (κ3) is 1.99. The van der Waals surface area contributed by atoms with Gasteiger partial charge in [0.25, 0.3) is 0 Å². The van der Waals surface area contributed by atoms with Crippen LogP contribution in [0.15, 0.2) is 22.9 Å². The molecule has 0 aromatic rings. The van der Waals surface area contributed by atoms with E-state index >= 15 is 0 Å². The Balaban J connectivity index is 3.11. The number of Topliss-reactive ketones (excluding diaryl/α,β-unsaturated/α-hetero) is 1. The summed E-state index contributed by atoms with van der Waals surface area (Å²) in [4.78, 5) is 11.4. The number of carbonyl (C=O) groups excluding carboxylic acids is 1. The van der Waals surface area contributed by atoms with Gasteiger partial charge in [-0.25, -0.2) is 0 Å². The van der Waals surface area contributed by atoms with Gasteiger partial charge >= 0.3 is 0 Å². The molecule has 0 spiro atoms. The van der Waals surface area contributed by atoms with Gasteiger partial charge in [0.1, 0.15) is 0 Å². The Morgan fingerprint density at radius 3 is 2.62 bits per heavy atom. The van der Waals surface area contributed by atoms with Crippen molar-refractivity contribution in [1.82, 2.24) is 0 Å². The Labute approximate surface area is 80.5 Å². The first-order valence-electron chi connectivity index (χ1n) is 4.38. The normalized spacial score (nSPS) is 16.2. The van der Waals surface area contributed by atoms with Crippen molar-refractivity contribution in [2.45, 2.75) is 26.1 Å². The fourth-order valence-electron chi connectivity index (χ4n) is 1.51. The average Bonchev–Trinajstić information content (AvgIpc) is 2.49. The maximum Gasteiger partial charge on any atom is 0.231 e. The molecule has 0 saturated carbocycles. The summed E-state index contributed by atoms with van der Waals surface area (Å²) < 4.78 is 0.